The van der Waals surface area contributed by atoms with Crippen LogP contribution in [-0.4, -0.2) is 90.9 Å². The highest BCUT2D eigenvalue weighted by molar-refractivity contribution is 5.83. The molecular formula is C19H30N8O8. The van der Waals surface area contributed by atoms with Crippen molar-refractivity contribution >= 4 is 23.7 Å². The number of aliphatic hydroxyl groups is 3. The van der Waals surface area contributed by atoms with Crippen LogP contribution in [0.5, 0.6) is 0 Å². The number of hydrogen-bond donors (Lipinski definition) is 9. The van der Waals surface area contributed by atoms with Crippen LogP contribution in [0, 0.1) is 6.92 Å². The van der Waals surface area contributed by atoms with Gasteiger partial charge in [-0.1, -0.05) is 6.08 Å². The van der Waals surface area contributed by atoms with Crippen molar-refractivity contribution in [1.82, 2.24) is 14.9 Å². The van der Waals surface area contributed by atoms with E-state index in [9.17, 15) is 29.7 Å². The number of nitrogens with two attached hydrogens (primary N) is 4. The maximum absolute atomic E-state index is 12.4. The lowest BCUT2D eigenvalue weighted by atomic mass is 9.84. The quantitative estimate of drug-likeness (QED) is 0.0832. The largest absolute Gasteiger partial charge is 0.479 e. The standard InChI is InChI=1S/C19H30N8O8/c1-8-6-27(18(33)26-14(8)21)12-3-2-11(25-15(30)10(20)7-28)13(35-12)19(34,16(31)32)4-9(29)5-24-17(22)23/h2-3,6,9-13,28-29,34H,4-5,7,20H2,1H3,(H,25,30)(H,31,32)(H2,21,26,33)(H4,22,23,24)/t9-,10?,11+,12-,13+,19-/m1/s1. The van der Waals surface area contributed by atoms with E-state index < -0.39 is 73.3 Å². The summed E-state index contributed by atoms with van der Waals surface area (Å²) in [6, 6.07) is -2.65. The van der Waals surface area contributed by atoms with E-state index in [-0.39, 0.29) is 11.8 Å². The highest BCUT2D eigenvalue weighted by Gasteiger charge is 2.52. The van der Waals surface area contributed by atoms with E-state index >= 15 is 0 Å². The van der Waals surface area contributed by atoms with Crippen molar-refractivity contribution in [3.05, 3.63) is 34.4 Å². The first-order valence-electron chi connectivity index (χ1n) is 10.3. The Morgan fingerprint density at radius 2 is 2.03 bits per heavy atom. The lowest BCUT2D eigenvalue weighted by molar-refractivity contribution is -0.197. The van der Waals surface area contributed by atoms with Crippen molar-refractivity contribution in [3.63, 3.8) is 0 Å². The molecule has 0 spiro atoms. The van der Waals surface area contributed by atoms with Crippen molar-refractivity contribution in [2.24, 2.45) is 22.2 Å². The first kappa shape index (κ1) is 27.7. The Morgan fingerprint density at radius 1 is 1.37 bits per heavy atom. The van der Waals surface area contributed by atoms with Gasteiger partial charge in [-0.05, 0) is 13.0 Å². The molecule has 6 atom stereocenters. The zero-order valence-electron chi connectivity index (χ0n) is 18.8. The van der Waals surface area contributed by atoms with Gasteiger partial charge in [-0.2, -0.15) is 4.98 Å². The van der Waals surface area contributed by atoms with Crippen LogP contribution >= 0.6 is 0 Å². The number of ether oxygens (including phenoxy) is 1. The Bertz CT molecular complexity index is 1060. The van der Waals surface area contributed by atoms with Gasteiger partial charge < -0.3 is 53.4 Å². The maximum Gasteiger partial charge on any atom is 0.351 e. The van der Waals surface area contributed by atoms with Crippen LogP contribution in [0.15, 0.2) is 28.1 Å². The topological polar surface area (TPSA) is 288 Å². The Morgan fingerprint density at radius 3 is 2.60 bits per heavy atom. The SMILES string of the molecule is Cc1cn([C@H]2C=C[C@H](NC(=O)C(N)CO)[C@@H]([C@](O)(C[C@@H](O)CN=C(N)N)C(=O)O)O2)c(=O)nc1N. The molecule has 1 aliphatic heterocycles. The molecule has 0 radical (unpaired) electrons. The van der Waals surface area contributed by atoms with E-state index in [1.54, 1.807) is 6.92 Å². The van der Waals surface area contributed by atoms with Gasteiger partial charge in [-0.25, -0.2) is 9.59 Å². The molecule has 1 aliphatic rings. The molecule has 0 aliphatic carbocycles. The van der Waals surface area contributed by atoms with Gasteiger partial charge in [0.15, 0.2) is 17.8 Å². The number of carbonyl (C=O) groups is 2. The highest BCUT2D eigenvalue weighted by Crippen LogP contribution is 2.31. The third kappa shape index (κ3) is 6.52. The summed E-state index contributed by atoms with van der Waals surface area (Å²) in [5, 5.41) is 42.8. The molecule has 0 aromatic carbocycles. The van der Waals surface area contributed by atoms with Gasteiger partial charge in [0.25, 0.3) is 0 Å². The monoisotopic (exact) mass is 498 g/mol. The fourth-order valence-electron chi connectivity index (χ4n) is 3.36. The van der Waals surface area contributed by atoms with Gasteiger partial charge in [0.1, 0.15) is 18.0 Å². The minimum absolute atomic E-state index is 0.0179. The van der Waals surface area contributed by atoms with Crippen LogP contribution in [0.3, 0.4) is 0 Å². The summed E-state index contributed by atoms with van der Waals surface area (Å²) in [4.78, 5) is 44.1. The summed E-state index contributed by atoms with van der Waals surface area (Å²) >= 11 is 0. The number of anilines is 1. The average Bonchev–Trinajstić information content (AvgIpc) is 2.79. The fraction of sp³-hybridized carbons (Fsp3) is 0.526. The predicted octanol–water partition coefficient (Wildman–Crippen LogP) is -4.77. The number of hydrogen-bond acceptors (Lipinski definition) is 11. The summed E-state index contributed by atoms with van der Waals surface area (Å²) in [6.45, 7) is 0.439. The third-order valence-corrected chi connectivity index (χ3v) is 5.26. The van der Waals surface area contributed by atoms with Crippen LogP contribution < -0.4 is 33.9 Å². The second-order valence-electron chi connectivity index (χ2n) is 8.01. The van der Waals surface area contributed by atoms with Gasteiger partial charge in [-0.15, -0.1) is 0 Å². The molecule has 2 rings (SSSR count). The van der Waals surface area contributed by atoms with Crippen molar-refractivity contribution in [3.8, 4) is 0 Å². The molecule has 16 nitrogen and oxygen atoms in total. The number of carboxylic acids is 1. The van der Waals surface area contributed by atoms with E-state index in [0.717, 1.165) is 4.57 Å². The van der Waals surface area contributed by atoms with E-state index in [2.05, 4.69) is 15.3 Å². The second kappa shape index (κ2) is 11.2. The normalized spacial score (nSPS) is 23.1. The number of carboxylic acid groups (broad SMARTS) is 1. The van der Waals surface area contributed by atoms with Crippen molar-refractivity contribution in [2.75, 3.05) is 18.9 Å². The van der Waals surface area contributed by atoms with Gasteiger partial charge in [0, 0.05) is 18.2 Å². The Balaban J connectivity index is 2.50. The molecular weight excluding hydrogens is 468 g/mol. The van der Waals surface area contributed by atoms with Gasteiger partial charge in [0.2, 0.25) is 5.91 Å². The predicted molar refractivity (Wildman–Crippen MR) is 122 cm³/mol. The smallest absolute Gasteiger partial charge is 0.351 e. The molecule has 194 valence electrons. The average molecular weight is 498 g/mol. The van der Waals surface area contributed by atoms with E-state index in [1.807, 2.05) is 0 Å². The van der Waals surface area contributed by atoms with Crippen molar-refractivity contribution < 1.29 is 34.8 Å². The van der Waals surface area contributed by atoms with Crippen molar-refractivity contribution in [1.29, 1.82) is 0 Å². The van der Waals surface area contributed by atoms with E-state index in [4.69, 9.17) is 32.8 Å². The number of aromatic nitrogens is 2. The number of aliphatic imine (C=N–C) groups is 1. The number of guanidine groups is 1. The number of nitrogens with zero attached hydrogens (tertiary/aromatic N) is 3. The molecule has 0 bridgehead atoms. The molecule has 1 aromatic rings. The van der Waals surface area contributed by atoms with Crippen LogP contribution in [-0.2, 0) is 14.3 Å². The molecule has 1 amide bonds. The van der Waals surface area contributed by atoms with Crippen molar-refractivity contribution in [2.45, 2.75) is 49.5 Å². The molecule has 2 heterocycles. The van der Waals surface area contributed by atoms with Gasteiger partial charge >= 0.3 is 11.7 Å². The number of nitrogen functional groups attached to an aromatic ring is 1. The summed E-state index contributed by atoms with van der Waals surface area (Å²) in [7, 11) is 0. The summed E-state index contributed by atoms with van der Waals surface area (Å²) in [5.74, 6) is -3.06. The number of aliphatic hydroxyl groups excluding tert-OH is 2. The molecule has 35 heavy (non-hydrogen) atoms. The van der Waals surface area contributed by atoms with Crippen LogP contribution in [0.2, 0.25) is 0 Å². The highest BCUT2D eigenvalue weighted by atomic mass is 16.5. The summed E-state index contributed by atoms with van der Waals surface area (Å²) in [6.07, 6.45) is -1.45. The minimum Gasteiger partial charge on any atom is -0.479 e. The number of rotatable bonds is 10. The third-order valence-electron chi connectivity index (χ3n) is 5.26. The Hall–Kier alpha value is -3.57. The van der Waals surface area contributed by atoms with E-state index in [1.165, 1.54) is 18.3 Å². The number of nitrogens with one attached hydrogen (secondary N) is 1. The molecule has 13 N–H and O–H groups in total. The van der Waals surface area contributed by atoms with E-state index in [0.29, 0.717) is 5.56 Å². The van der Waals surface area contributed by atoms with Gasteiger partial charge in [0.05, 0.1) is 25.3 Å². The Labute approximate surface area is 198 Å². The molecule has 1 aromatic heterocycles. The number of aliphatic carboxylic acids is 1. The molecule has 0 fully saturated rings. The zero-order chi connectivity index (χ0) is 26.5. The summed E-state index contributed by atoms with van der Waals surface area (Å²) < 4.78 is 6.78. The van der Waals surface area contributed by atoms with Crippen LogP contribution in [0.4, 0.5) is 5.82 Å². The number of carbonyl (C=O) groups excluding carboxylic acids is 1. The number of aryl methyl sites for hydroxylation is 1. The number of amides is 1. The van der Waals surface area contributed by atoms with Crippen LogP contribution in [0.25, 0.3) is 0 Å². The molecule has 1 unspecified atom stereocenters. The molecule has 0 saturated carbocycles. The second-order valence-corrected chi connectivity index (χ2v) is 8.01. The van der Waals surface area contributed by atoms with Crippen LogP contribution in [0.1, 0.15) is 18.2 Å². The Kier molecular flexibility index (Phi) is 8.88. The molecule has 16 heteroatoms. The zero-order valence-corrected chi connectivity index (χ0v) is 18.8. The lowest BCUT2D eigenvalue weighted by Crippen LogP contribution is -2.63. The summed E-state index contributed by atoms with van der Waals surface area (Å²) in [5.41, 5.74) is 18.4. The minimum atomic E-state index is -2.82. The van der Waals surface area contributed by atoms with Gasteiger partial charge in [-0.3, -0.25) is 14.4 Å². The maximum atomic E-state index is 12.4. The fourth-order valence-corrected chi connectivity index (χ4v) is 3.36. The molecule has 0 saturated heterocycles. The first-order chi connectivity index (χ1) is 16.3. The first-order valence-corrected chi connectivity index (χ1v) is 10.3. The lowest BCUT2D eigenvalue weighted by Gasteiger charge is -2.41.